The molecule has 0 spiro atoms. The van der Waals surface area contributed by atoms with Crippen molar-refractivity contribution in [2.24, 2.45) is 63.4 Å². The molecular formula is C38H72N4O3. The molecule has 4 aliphatic rings. The molecule has 7 N–H and O–H groups in total. The zero-order chi connectivity index (χ0) is 32.8. The highest BCUT2D eigenvalue weighted by atomic mass is 16.3. The Hall–Kier alpha value is -0.730. The van der Waals surface area contributed by atoms with E-state index >= 15 is 0 Å². The number of aliphatic hydroxyl groups excluding tert-OH is 2. The molecule has 4 rings (SSSR count). The van der Waals surface area contributed by atoms with Crippen LogP contribution < -0.4 is 21.7 Å². The van der Waals surface area contributed by atoms with Crippen molar-refractivity contribution >= 4 is 5.91 Å². The molecule has 0 heterocycles. The second-order valence-electron chi connectivity index (χ2n) is 17.1. The minimum Gasteiger partial charge on any atom is -0.393 e. The normalized spacial score (nSPS) is 40.1. The molecule has 0 aromatic heterocycles. The summed E-state index contributed by atoms with van der Waals surface area (Å²) in [7, 11) is 0. The first-order valence-corrected chi connectivity index (χ1v) is 19.2. The SMILES string of the molecule is CC(C)CCCC(C(=O)NCCCNCCCNCCCN)[C@@H]1CC[C@@]2(C)C1C[C@@H](O)C1[C@@]3(C)CC[C@@H](O)[C@@H](C)C3CC[C@@]12C. The van der Waals surface area contributed by atoms with Crippen LogP contribution >= 0.6 is 0 Å². The molecule has 262 valence electrons. The maximum absolute atomic E-state index is 14.0. The molecular weight excluding hydrogens is 560 g/mol. The van der Waals surface area contributed by atoms with E-state index in [-0.39, 0.29) is 46.2 Å². The summed E-state index contributed by atoms with van der Waals surface area (Å²) in [5, 5.41) is 33.2. The molecule has 7 nitrogen and oxygen atoms in total. The number of nitrogens with one attached hydrogen (secondary N) is 3. The number of amides is 1. The third-order valence-electron chi connectivity index (χ3n) is 14.2. The molecule has 0 aliphatic heterocycles. The Morgan fingerprint density at radius 3 is 2.11 bits per heavy atom. The standard InChI is InChI=1S/C38H72N4O3/c1-26(2)11-7-12-29(35(45)42-24-10-23-41-22-9-21-40-20-8-19-39)28-13-17-37(5)31(28)25-33(44)34-36(4)16-15-32(43)27(3)30(36)14-18-38(34,37)6/h26-34,40-41,43-44H,7-25,39H2,1-6H3,(H,42,45)/t27-,28-,29?,30?,31?,32+,33+,34?,36-,37-,38-/m0/s1. The summed E-state index contributed by atoms with van der Waals surface area (Å²) < 4.78 is 0. The molecule has 4 fully saturated rings. The summed E-state index contributed by atoms with van der Waals surface area (Å²) >= 11 is 0. The van der Waals surface area contributed by atoms with E-state index in [1.807, 2.05) is 0 Å². The quantitative estimate of drug-likeness (QED) is 0.118. The van der Waals surface area contributed by atoms with Gasteiger partial charge in [0.25, 0.3) is 0 Å². The van der Waals surface area contributed by atoms with Crippen molar-refractivity contribution in [1.82, 2.24) is 16.0 Å². The third-order valence-corrected chi connectivity index (χ3v) is 14.2. The number of rotatable bonds is 17. The summed E-state index contributed by atoms with van der Waals surface area (Å²) in [6.07, 6.45) is 13.0. The van der Waals surface area contributed by atoms with Crippen LogP contribution in [0.15, 0.2) is 0 Å². The van der Waals surface area contributed by atoms with Crippen LogP contribution in [0.2, 0.25) is 0 Å². The Kier molecular flexibility index (Phi) is 13.3. The van der Waals surface area contributed by atoms with E-state index in [4.69, 9.17) is 5.73 Å². The molecule has 7 heteroatoms. The molecule has 0 aromatic carbocycles. The summed E-state index contributed by atoms with van der Waals surface area (Å²) in [4.78, 5) is 14.0. The number of carbonyl (C=O) groups excluding carboxylic acids is 1. The van der Waals surface area contributed by atoms with Gasteiger partial charge in [0.2, 0.25) is 5.91 Å². The van der Waals surface area contributed by atoms with Crippen LogP contribution in [0.25, 0.3) is 0 Å². The first-order chi connectivity index (χ1) is 21.4. The fraction of sp³-hybridized carbons (Fsp3) is 0.974. The molecule has 4 unspecified atom stereocenters. The summed E-state index contributed by atoms with van der Waals surface area (Å²) in [5.41, 5.74) is 5.81. The van der Waals surface area contributed by atoms with E-state index in [1.54, 1.807) is 0 Å². The van der Waals surface area contributed by atoms with Gasteiger partial charge in [0.15, 0.2) is 0 Å². The largest absolute Gasteiger partial charge is 0.393 e. The summed E-state index contributed by atoms with van der Waals surface area (Å²) in [6.45, 7) is 19.7. The Bertz CT molecular complexity index is 933. The third kappa shape index (κ3) is 7.79. The highest BCUT2D eigenvalue weighted by molar-refractivity contribution is 5.79. The van der Waals surface area contributed by atoms with E-state index in [2.05, 4.69) is 57.5 Å². The van der Waals surface area contributed by atoms with Crippen LogP contribution in [-0.4, -0.2) is 67.6 Å². The second-order valence-corrected chi connectivity index (χ2v) is 17.1. The van der Waals surface area contributed by atoms with Gasteiger partial charge < -0.3 is 31.9 Å². The van der Waals surface area contributed by atoms with Gasteiger partial charge in [-0.1, -0.05) is 54.4 Å². The number of fused-ring (bicyclic) bond motifs is 5. The molecule has 1 amide bonds. The Morgan fingerprint density at radius 1 is 0.800 bits per heavy atom. The van der Waals surface area contributed by atoms with Crippen molar-refractivity contribution in [1.29, 1.82) is 0 Å². The lowest BCUT2D eigenvalue weighted by Crippen LogP contribution is -2.66. The van der Waals surface area contributed by atoms with Crippen LogP contribution in [0.5, 0.6) is 0 Å². The van der Waals surface area contributed by atoms with Crippen LogP contribution in [0.4, 0.5) is 0 Å². The molecule has 0 saturated heterocycles. The van der Waals surface area contributed by atoms with Crippen molar-refractivity contribution in [2.75, 3.05) is 39.3 Å². The predicted molar refractivity (Wildman–Crippen MR) is 186 cm³/mol. The van der Waals surface area contributed by atoms with E-state index in [9.17, 15) is 15.0 Å². The fourth-order valence-electron chi connectivity index (χ4n) is 11.6. The number of nitrogens with two attached hydrogens (primary N) is 1. The number of aliphatic hydroxyl groups is 2. The van der Waals surface area contributed by atoms with Crippen molar-refractivity contribution in [3.8, 4) is 0 Å². The maximum Gasteiger partial charge on any atom is 0.223 e. The number of carbonyl (C=O) groups is 1. The lowest BCUT2D eigenvalue weighted by molar-refractivity contribution is -0.239. The van der Waals surface area contributed by atoms with Crippen LogP contribution in [-0.2, 0) is 4.79 Å². The minimum atomic E-state index is -0.328. The zero-order valence-electron chi connectivity index (χ0n) is 30.0. The van der Waals surface area contributed by atoms with Crippen molar-refractivity contribution in [3.63, 3.8) is 0 Å². The monoisotopic (exact) mass is 633 g/mol. The van der Waals surface area contributed by atoms with Gasteiger partial charge in [-0.3, -0.25) is 4.79 Å². The molecule has 4 saturated carbocycles. The van der Waals surface area contributed by atoms with Crippen molar-refractivity contribution in [3.05, 3.63) is 0 Å². The van der Waals surface area contributed by atoms with Gasteiger partial charge in [0.1, 0.15) is 0 Å². The van der Waals surface area contributed by atoms with Gasteiger partial charge in [0.05, 0.1) is 12.2 Å². The summed E-state index contributed by atoms with van der Waals surface area (Å²) in [6, 6.07) is 0. The van der Waals surface area contributed by atoms with Crippen LogP contribution in [0.1, 0.15) is 125 Å². The highest BCUT2D eigenvalue weighted by Gasteiger charge is 2.70. The van der Waals surface area contributed by atoms with Gasteiger partial charge in [-0.2, -0.15) is 0 Å². The Balaban J connectivity index is 1.39. The lowest BCUT2D eigenvalue weighted by Gasteiger charge is -2.69. The first kappa shape index (κ1) is 37.1. The number of hydrogen-bond acceptors (Lipinski definition) is 6. The van der Waals surface area contributed by atoms with E-state index in [0.29, 0.717) is 29.6 Å². The molecule has 4 aliphatic carbocycles. The van der Waals surface area contributed by atoms with E-state index in [1.165, 1.54) is 6.42 Å². The second kappa shape index (κ2) is 16.1. The van der Waals surface area contributed by atoms with Gasteiger partial charge in [-0.15, -0.1) is 0 Å². The minimum absolute atomic E-state index is 0.0345. The molecule has 0 bridgehead atoms. The lowest BCUT2D eigenvalue weighted by atomic mass is 9.36. The van der Waals surface area contributed by atoms with Gasteiger partial charge in [0, 0.05) is 12.5 Å². The molecule has 0 radical (unpaired) electrons. The Morgan fingerprint density at radius 2 is 1.44 bits per heavy atom. The molecule has 11 atom stereocenters. The summed E-state index contributed by atoms with van der Waals surface area (Å²) in [5.74, 6) is 2.71. The highest BCUT2D eigenvalue weighted by Crippen LogP contribution is 2.74. The molecule has 0 aromatic rings. The smallest absolute Gasteiger partial charge is 0.223 e. The van der Waals surface area contributed by atoms with E-state index in [0.717, 1.165) is 116 Å². The maximum atomic E-state index is 14.0. The number of hydrogen-bond donors (Lipinski definition) is 6. The fourth-order valence-corrected chi connectivity index (χ4v) is 11.6. The van der Waals surface area contributed by atoms with Crippen LogP contribution in [0, 0.1) is 57.7 Å². The predicted octanol–water partition coefficient (Wildman–Crippen LogP) is 5.48. The zero-order valence-corrected chi connectivity index (χ0v) is 30.0. The van der Waals surface area contributed by atoms with Crippen molar-refractivity contribution in [2.45, 2.75) is 137 Å². The van der Waals surface area contributed by atoms with E-state index < -0.39 is 0 Å². The first-order valence-electron chi connectivity index (χ1n) is 19.2. The Labute approximate surface area is 276 Å². The van der Waals surface area contributed by atoms with Gasteiger partial charge in [-0.05, 0) is 155 Å². The average molecular weight is 633 g/mol. The average Bonchev–Trinajstić information content (AvgIpc) is 3.33. The van der Waals surface area contributed by atoms with Crippen molar-refractivity contribution < 1.29 is 15.0 Å². The van der Waals surface area contributed by atoms with Crippen LogP contribution in [0.3, 0.4) is 0 Å². The van der Waals surface area contributed by atoms with Gasteiger partial charge in [-0.25, -0.2) is 0 Å². The van der Waals surface area contributed by atoms with Gasteiger partial charge >= 0.3 is 0 Å². The topological polar surface area (TPSA) is 120 Å². The molecule has 45 heavy (non-hydrogen) atoms.